The van der Waals surface area contributed by atoms with Crippen molar-refractivity contribution in [1.29, 1.82) is 0 Å². The Morgan fingerprint density at radius 2 is 2.33 bits per heavy atom. The molecule has 0 aromatic heterocycles. The van der Waals surface area contributed by atoms with Crippen LogP contribution in [-0.2, 0) is 6.42 Å². The minimum Gasteiger partial charge on any atom is -0.310 e. The van der Waals surface area contributed by atoms with Crippen LogP contribution in [0.25, 0.3) is 0 Å². The SMILES string of the molecule is C[C@H]1NCCc2c(F)cccc21. The molecule has 0 bridgehead atoms. The quantitative estimate of drug-likeness (QED) is 0.620. The van der Waals surface area contributed by atoms with Crippen molar-refractivity contribution in [1.82, 2.24) is 5.32 Å². The summed E-state index contributed by atoms with van der Waals surface area (Å²) in [4.78, 5) is 0. The van der Waals surface area contributed by atoms with Crippen LogP contribution in [0, 0.1) is 5.82 Å². The summed E-state index contributed by atoms with van der Waals surface area (Å²) in [5.74, 6) is -0.0548. The Morgan fingerprint density at radius 1 is 1.50 bits per heavy atom. The Balaban J connectivity index is 2.52. The summed E-state index contributed by atoms with van der Waals surface area (Å²) < 4.78 is 13.2. The molecule has 1 aliphatic rings. The van der Waals surface area contributed by atoms with Gasteiger partial charge in [-0.1, -0.05) is 12.1 Å². The van der Waals surface area contributed by atoms with Crippen LogP contribution in [0.5, 0.6) is 0 Å². The molecule has 1 aliphatic heterocycles. The monoisotopic (exact) mass is 165 g/mol. The van der Waals surface area contributed by atoms with Crippen LogP contribution in [-0.4, -0.2) is 6.54 Å². The Labute approximate surface area is 71.6 Å². The molecular formula is C10H12FN. The van der Waals surface area contributed by atoms with Crippen LogP contribution in [0.15, 0.2) is 18.2 Å². The molecule has 1 N–H and O–H groups in total. The molecule has 0 aliphatic carbocycles. The standard InChI is InChI=1S/C10H12FN/c1-7-8-3-2-4-10(11)9(8)5-6-12-7/h2-4,7,12H,5-6H2,1H3/t7-/m1/s1. The molecule has 2 rings (SSSR count). The van der Waals surface area contributed by atoms with E-state index in [1.807, 2.05) is 6.07 Å². The maximum Gasteiger partial charge on any atom is 0.126 e. The van der Waals surface area contributed by atoms with E-state index in [1.165, 1.54) is 6.07 Å². The van der Waals surface area contributed by atoms with Crippen LogP contribution in [0.4, 0.5) is 4.39 Å². The molecule has 0 spiro atoms. The fourth-order valence-electron chi connectivity index (χ4n) is 1.77. The number of hydrogen-bond donors (Lipinski definition) is 1. The van der Waals surface area contributed by atoms with Crippen molar-refractivity contribution >= 4 is 0 Å². The first-order chi connectivity index (χ1) is 5.79. The maximum atomic E-state index is 13.2. The predicted octanol–water partition coefficient (Wildman–Crippen LogP) is 2.03. The summed E-state index contributed by atoms with van der Waals surface area (Å²) >= 11 is 0. The van der Waals surface area contributed by atoms with Crippen LogP contribution in [0.2, 0.25) is 0 Å². The zero-order chi connectivity index (χ0) is 8.55. The molecule has 0 amide bonds. The third-order valence-electron chi connectivity index (χ3n) is 2.45. The molecule has 0 radical (unpaired) electrons. The number of rotatable bonds is 0. The molecule has 1 aromatic carbocycles. The molecule has 1 aromatic rings. The average Bonchev–Trinajstić information content (AvgIpc) is 2.07. The van der Waals surface area contributed by atoms with Gasteiger partial charge in [-0.3, -0.25) is 0 Å². The maximum absolute atomic E-state index is 13.2. The first kappa shape index (κ1) is 7.74. The molecule has 0 saturated carbocycles. The highest BCUT2D eigenvalue weighted by atomic mass is 19.1. The highest BCUT2D eigenvalue weighted by Gasteiger charge is 2.17. The Morgan fingerprint density at radius 3 is 3.08 bits per heavy atom. The minimum absolute atomic E-state index is 0.0548. The van der Waals surface area contributed by atoms with E-state index in [-0.39, 0.29) is 5.82 Å². The Hall–Kier alpha value is -0.890. The molecule has 1 nitrogen and oxygen atoms in total. The Kier molecular flexibility index (Phi) is 1.85. The average molecular weight is 165 g/mol. The number of halogens is 1. The summed E-state index contributed by atoms with van der Waals surface area (Å²) in [5.41, 5.74) is 2.00. The summed E-state index contributed by atoms with van der Waals surface area (Å²) in [5, 5.41) is 3.30. The lowest BCUT2D eigenvalue weighted by Crippen LogP contribution is -2.28. The lowest BCUT2D eigenvalue weighted by Gasteiger charge is -2.23. The first-order valence-corrected chi connectivity index (χ1v) is 4.29. The summed E-state index contributed by atoms with van der Waals surface area (Å²) in [6.07, 6.45) is 0.812. The van der Waals surface area contributed by atoms with E-state index in [9.17, 15) is 4.39 Å². The van der Waals surface area contributed by atoms with Gasteiger partial charge in [0, 0.05) is 6.04 Å². The third kappa shape index (κ3) is 1.12. The number of fused-ring (bicyclic) bond motifs is 1. The third-order valence-corrected chi connectivity index (χ3v) is 2.45. The van der Waals surface area contributed by atoms with Crippen molar-refractivity contribution in [2.45, 2.75) is 19.4 Å². The molecule has 12 heavy (non-hydrogen) atoms. The van der Waals surface area contributed by atoms with Crippen molar-refractivity contribution in [2.24, 2.45) is 0 Å². The highest BCUT2D eigenvalue weighted by molar-refractivity contribution is 5.33. The summed E-state index contributed by atoms with van der Waals surface area (Å²) in [7, 11) is 0. The van der Waals surface area contributed by atoms with E-state index in [4.69, 9.17) is 0 Å². The molecule has 1 atom stereocenters. The van der Waals surface area contributed by atoms with Gasteiger partial charge < -0.3 is 5.32 Å². The molecule has 0 saturated heterocycles. The van der Waals surface area contributed by atoms with E-state index in [0.29, 0.717) is 6.04 Å². The van der Waals surface area contributed by atoms with Crippen LogP contribution in [0.3, 0.4) is 0 Å². The van der Waals surface area contributed by atoms with Gasteiger partial charge in [0.15, 0.2) is 0 Å². The lowest BCUT2D eigenvalue weighted by atomic mass is 9.95. The van der Waals surface area contributed by atoms with E-state index in [1.54, 1.807) is 6.07 Å². The summed E-state index contributed by atoms with van der Waals surface area (Å²) in [6, 6.07) is 5.61. The zero-order valence-corrected chi connectivity index (χ0v) is 7.10. The van der Waals surface area contributed by atoms with Crippen LogP contribution in [0.1, 0.15) is 24.1 Å². The Bertz CT molecular complexity index is 296. The van der Waals surface area contributed by atoms with E-state index < -0.39 is 0 Å². The molecule has 1 heterocycles. The lowest BCUT2D eigenvalue weighted by molar-refractivity contribution is 0.513. The van der Waals surface area contributed by atoms with Crippen molar-refractivity contribution in [3.8, 4) is 0 Å². The second-order valence-electron chi connectivity index (χ2n) is 3.23. The minimum atomic E-state index is -0.0548. The normalized spacial score (nSPS) is 22.0. The molecular weight excluding hydrogens is 153 g/mol. The first-order valence-electron chi connectivity index (χ1n) is 4.29. The largest absolute Gasteiger partial charge is 0.310 e. The van der Waals surface area contributed by atoms with Crippen molar-refractivity contribution in [3.63, 3.8) is 0 Å². The summed E-state index contributed by atoms with van der Waals surface area (Å²) in [6.45, 7) is 2.95. The number of nitrogens with one attached hydrogen (secondary N) is 1. The molecule has 2 heteroatoms. The van der Waals surface area contributed by atoms with Gasteiger partial charge in [0.05, 0.1) is 0 Å². The van der Waals surface area contributed by atoms with Gasteiger partial charge in [0.25, 0.3) is 0 Å². The smallest absolute Gasteiger partial charge is 0.126 e. The van der Waals surface area contributed by atoms with Crippen LogP contribution < -0.4 is 5.32 Å². The molecule has 0 fully saturated rings. The molecule has 64 valence electrons. The van der Waals surface area contributed by atoms with Crippen molar-refractivity contribution < 1.29 is 4.39 Å². The van der Waals surface area contributed by atoms with Gasteiger partial charge in [-0.25, -0.2) is 4.39 Å². The van der Waals surface area contributed by atoms with Gasteiger partial charge in [0.2, 0.25) is 0 Å². The van der Waals surface area contributed by atoms with Gasteiger partial charge in [-0.15, -0.1) is 0 Å². The van der Waals surface area contributed by atoms with Gasteiger partial charge in [-0.05, 0) is 37.1 Å². The van der Waals surface area contributed by atoms with Crippen molar-refractivity contribution in [2.75, 3.05) is 6.54 Å². The van der Waals surface area contributed by atoms with E-state index >= 15 is 0 Å². The van der Waals surface area contributed by atoms with Gasteiger partial charge >= 0.3 is 0 Å². The van der Waals surface area contributed by atoms with Gasteiger partial charge in [0.1, 0.15) is 5.82 Å². The highest BCUT2D eigenvalue weighted by Crippen LogP contribution is 2.23. The van der Waals surface area contributed by atoms with Crippen molar-refractivity contribution in [3.05, 3.63) is 35.1 Å². The van der Waals surface area contributed by atoms with E-state index in [2.05, 4.69) is 12.2 Å². The van der Waals surface area contributed by atoms with Crippen LogP contribution >= 0.6 is 0 Å². The topological polar surface area (TPSA) is 12.0 Å². The number of hydrogen-bond acceptors (Lipinski definition) is 1. The number of benzene rings is 1. The van der Waals surface area contributed by atoms with E-state index in [0.717, 1.165) is 24.1 Å². The molecule has 0 unspecified atom stereocenters. The van der Waals surface area contributed by atoms with Gasteiger partial charge in [-0.2, -0.15) is 0 Å². The fraction of sp³-hybridized carbons (Fsp3) is 0.400. The zero-order valence-electron chi connectivity index (χ0n) is 7.10. The predicted molar refractivity (Wildman–Crippen MR) is 46.5 cm³/mol. The fourth-order valence-corrected chi connectivity index (χ4v) is 1.77. The second-order valence-corrected chi connectivity index (χ2v) is 3.23. The second kappa shape index (κ2) is 2.87.